The van der Waals surface area contributed by atoms with Crippen LogP contribution in [0.1, 0.15) is 23.0 Å². The average Bonchev–Trinajstić information content (AvgIpc) is 2.84. The SMILES string of the molecule is O=c1[nH]nc(CN2CCc3ccccc3C2CO)[nH]1. The summed E-state index contributed by atoms with van der Waals surface area (Å²) in [6.45, 7) is 1.43. The molecule has 0 aliphatic carbocycles. The molecule has 0 saturated heterocycles. The molecule has 0 saturated carbocycles. The van der Waals surface area contributed by atoms with Crippen molar-refractivity contribution in [3.05, 3.63) is 51.7 Å². The lowest BCUT2D eigenvalue weighted by molar-refractivity contribution is 0.106. The van der Waals surface area contributed by atoms with Crippen LogP contribution >= 0.6 is 0 Å². The van der Waals surface area contributed by atoms with E-state index < -0.39 is 0 Å². The summed E-state index contributed by atoms with van der Waals surface area (Å²) in [5, 5.41) is 15.9. The molecule has 0 fully saturated rings. The first-order valence-electron chi connectivity index (χ1n) is 6.34. The van der Waals surface area contributed by atoms with Crippen LogP contribution in [-0.2, 0) is 13.0 Å². The maximum absolute atomic E-state index is 11.0. The fourth-order valence-electron chi connectivity index (χ4n) is 2.68. The zero-order valence-corrected chi connectivity index (χ0v) is 10.5. The molecule has 1 aromatic heterocycles. The maximum Gasteiger partial charge on any atom is 0.340 e. The van der Waals surface area contributed by atoms with Crippen LogP contribution in [0.25, 0.3) is 0 Å². The topological polar surface area (TPSA) is 85.0 Å². The Bertz CT molecular complexity index is 619. The van der Waals surface area contributed by atoms with Gasteiger partial charge in [-0.05, 0) is 17.5 Å². The highest BCUT2D eigenvalue weighted by molar-refractivity contribution is 5.32. The minimum Gasteiger partial charge on any atom is -0.394 e. The van der Waals surface area contributed by atoms with Crippen LogP contribution < -0.4 is 5.69 Å². The highest BCUT2D eigenvalue weighted by Gasteiger charge is 2.27. The number of H-pyrrole nitrogens is 2. The molecule has 0 bridgehead atoms. The van der Waals surface area contributed by atoms with Crippen molar-refractivity contribution in [3.8, 4) is 0 Å². The Kier molecular flexibility index (Phi) is 3.18. The Morgan fingerprint density at radius 3 is 3.00 bits per heavy atom. The van der Waals surface area contributed by atoms with Crippen LogP contribution in [-0.4, -0.2) is 38.3 Å². The van der Waals surface area contributed by atoms with Gasteiger partial charge in [0.25, 0.3) is 0 Å². The fraction of sp³-hybridized carbons (Fsp3) is 0.385. The van der Waals surface area contributed by atoms with Gasteiger partial charge < -0.3 is 5.11 Å². The Labute approximate surface area is 110 Å². The first-order chi connectivity index (χ1) is 9.28. The molecule has 2 heterocycles. The first kappa shape index (κ1) is 12.1. The minimum absolute atomic E-state index is 0.0369. The zero-order valence-electron chi connectivity index (χ0n) is 10.5. The Morgan fingerprint density at radius 2 is 2.26 bits per heavy atom. The van der Waals surface area contributed by atoms with Gasteiger partial charge in [0.2, 0.25) is 0 Å². The molecule has 19 heavy (non-hydrogen) atoms. The van der Waals surface area contributed by atoms with Gasteiger partial charge in [0.15, 0.2) is 0 Å². The van der Waals surface area contributed by atoms with E-state index in [4.69, 9.17) is 0 Å². The highest BCUT2D eigenvalue weighted by atomic mass is 16.3. The Hall–Kier alpha value is -1.92. The molecule has 6 nitrogen and oxygen atoms in total. The second-order valence-corrected chi connectivity index (χ2v) is 4.74. The monoisotopic (exact) mass is 260 g/mol. The third-order valence-electron chi connectivity index (χ3n) is 3.60. The molecule has 6 heteroatoms. The van der Waals surface area contributed by atoms with E-state index in [9.17, 15) is 9.90 Å². The molecule has 3 N–H and O–H groups in total. The summed E-state index contributed by atoms with van der Waals surface area (Å²) in [6, 6.07) is 8.13. The molecular weight excluding hydrogens is 244 g/mol. The van der Waals surface area contributed by atoms with Gasteiger partial charge in [-0.2, -0.15) is 5.10 Å². The third-order valence-corrected chi connectivity index (χ3v) is 3.60. The summed E-state index contributed by atoms with van der Waals surface area (Å²) in [5.41, 5.74) is 2.15. The van der Waals surface area contributed by atoms with Crippen molar-refractivity contribution in [3.63, 3.8) is 0 Å². The molecule has 0 radical (unpaired) electrons. The normalized spacial score (nSPS) is 19.3. The number of rotatable bonds is 3. The van der Waals surface area contributed by atoms with E-state index in [2.05, 4.69) is 32.2 Å². The van der Waals surface area contributed by atoms with Gasteiger partial charge in [0, 0.05) is 6.54 Å². The summed E-state index contributed by atoms with van der Waals surface area (Å²) in [4.78, 5) is 15.8. The standard InChI is InChI=1S/C13H16N4O2/c18-8-11-10-4-2-1-3-9(10)5-6-17(11)7-12-14-13(19)16-15-12/h1-4,11,18H,5-8H2,(H2,14,15,16,19). The third kappa shape index (κ3) is 2.32. The molecule has 1 atom stereocenters. The molecule has 0 spiro atoms. The smallest absolute Gasteiger partial charge is 0.340 e. The number of aromatic amines is 2. The van der Waals surface area contributed by atoms with Crippen LogP contribution in [0.4, 0.5) is 0 Å². The lowest BCUT2D eigenvalue weighted by atomic mass is 9.93. The number of aromatic nitrogens is 3. The van der Waals surface area contributed by atoms with E-state index in [-0.39, 0.29) is 18.3 Å². The van der Waals surface area contributed by atoms with Crippen molar-refractivity contribution < 1.29 is 5.11 Å². The van der Waals surface area contributed by atoms with Crippen molar-refractivity contribution in [2.24, 2.45) is 0 Å². The summed E-state index contributed by atoms with van der Waals surface area (Å²) in [7, 11) is 0. The van der Waals surface area contributed by atoms with E-state index in [0.29, 0.717) is 12.4 Å². The van der Waals surface area contributed by atoms with Crippen molar-refractivity contribution in [1.29, 1.82) is 0 Å². The van der Waals surface area contributed by atoms with Gasteiger partial charge >= 0.3 is 5.69 Å². The fourth-order valence-corrected chi connectivity index (χ4v) is 2.68. The highest BCUT2D eigenvalue weighted by Crippen LogP contribution is 2.29. The van der Waals surface area contributed by atoms with Crippen LogP contribution in [0.5, 0.6) is 0 Å². The van der Waals surface area contributed by atoms with Crippen LogP contribution in [0.15, 0.2) is 29.1 Å². The second kappa shape index (κ2) is 4.99. The molecule has 0 amide bonds. The predicted molar refractivity (Wildman–Crippen MR) is 69.6 cm³/mol. The van der Waals surface area contributed by atoms with Crippen molar-refractivity contribution in [2.45, 2.75) is 19.0 Å². The number of hydrogen-bond donors (Lipinski definition) is 3. The molecular formula is C13H16N4O2. The van der Waals surface area contributed by atoms with E-state index >= 15 is 0 Å². The van der Waals surface area contributed by atoms with E-state index in [1.54, 1.807) is 0 Å². The average molecular weight is 260 g/mol. The first-order valence-corrected chi connectivity index (χ1v) is 6.34. The molecule has 1 aromatic carbocycles. The molecule has 1 aliphatic heterocycles. The molecule has 100 valence electrons. The number of nitrogens with one attached hydrogen (secondary N) is 2. The number of nitrogens with zero attached hydrogens (tertiary/aromatic N) is 2. The molecule has 2 aromatic rings. The van der Waals surface area contributed by atoms with Crippen molar-refractivity contribution in [2.75, 3.05) is 13.2 Å². The Morgan fingerprint density at radius 1 is 1.42 bits per heavy atom. The van der Waals surface area contributed by atoms with Crippen LogP contribution in [0.3, 0.4) is 0 Å². The van der Waals surface area contributed by atoms with Crippen LogP contribution in [0, 0.1) is 0 Å². The van der Waals surface area contributed by atoms with Crippen LogP contribution in [0.2, 0.25) is 0 Å². The van der Waals surface area contributed by atoms with Gasteiger partial charge in [-0.1, -0.05) is 24.3 Å². The number of aliphatic hydroxyl groups excluding tert-OH is 1. The number of hydrogen-bond acceptors (Lipinski definition) is 4. The lowest BCUT2D eigenvalue weighted by Gasteiger charge is -2.35. The van der Waals surface area contributed by atoms with E-state index in [0.717, 1.165) is 18.5 Å². The Balaban J connectivity index is 1.85. The van der Waals surface area contributed by atoms with Gasteiger partial charge in [-0.25, -0.2) is 9.89 Å². The molecule has 1 unspecified atom stereocenters. The lowest BCUT2D eigenvalue weighted by Crippen LogP contribution is -2.37. The minimum atomic E-state index is -0.298. The number of aliphatic hydroxyl groups is 1. The van der Waals surface area contributed by atoms with Crippen molar-refractivity contribution >= 4 is 0 Å². The summed E-state index contributed by atoms with van der Waals surface area (Å²) in [5.74, 6) is 0.600. The molecule has 1 aliphatic rings. The van der Waals surface area contributed by atoms with E-state index in [1.807, 2.05) is 12.1 Å². The largest absolute Gasteiger partial charge is 0.394 e. The maximum atomic E-state index is 11.0. The predicted octanol–water partition coefficient (Wildman–Crippen LogP) is 0.190. The quantitative estimate of drug-likeness (QED) is 0.735. The number of benzene rings is 1. The summed E-state index contributed by atoms with van der Waals surface area (Å²) < 4.78 is 0. The van der Waals surface area contributed by atoms with E-state index in [1.165, 1.54) is 5.56 Å². The zero-order chi connectivity index (χ0) is 13.2. The van der Waals surface area contributed by atoms with Crippen molar-refractivity contribution in [1.82, 2.24) is 20.1 Å². The van der Waals surface area contributed by atoms with Gasteiger partial charge in [0.05, 0.1) is 19.2 Å². The van der Waals surface area contributed by atoms with Gasteiger partial charge in [-0.3, -0.25) is 9.88 Å². The summed E-state index contributed by atoms with van der Waals surface area (Å²) in [6.07, 6.45) is 0.946. The molecule has 3 rings (SSSR count). The van der Waals surface area contributed by atoms with Gasteiger partial charge in [-0.15, -0.1) is 0 Å². The van der Waals surface area contributed by atoms with Gasteiger partial charge in [0.1, 0.15) is 5.82 Å². The number of fused-ring (bicyclic) bond motifs is 1. The second-order valence-electron chi connectivity index (χ2n) is 4.74. The summed E-state index contributed by atoms with van der Waals surface area (Å²) >= 11 is 0.